The zero-order chi connectivity index (χ0) is 15.0. The van der Waals surface area contributed by atoms with Gasteiger partial charge in [-0.05, 0) is 13.3 Å². The van der Waals surface area contributed by atoms with Crippen molar-refractivity contribution in [2.75, 3.05) is 34.5 Å². The minimum Gasteiger partial charge on any atom is -0.493 e. The molecule has 5 nitrogen and oxygen atoms in total. The zero-order valence-electron chi connectivity index (χ0n) is 13.0. The maximum atomic E-state index is 5.71. The molecule has 0 aliphatic rings. The summed E-state index contributed by atoms with van der Waals surface area (Å²) in [5.41, 5.74) is 0. The quantitative estimate of drug-likeness (QED) is 0.706. The summed E-state index contributed by atoms with van der Waals surface area (Å²) in [4.78, 5) is 0. The van der Waals surface area contributed by atoms with Gasteiger partial charge in [0.1, 0.15) is 12.4 Å². The first-order valence-electron chi connectivity index (χ1n) is 6.82. The van der Waals surface area contributed by atoms with Crippen molar-refractivity contribution in [3.05, 3.63) is 12.1 Å². The second-order valence-corrected chi connectivity index (χ2v) is 4.47. The maximum absolute atomic E-state index is 5.71. The van der Waals surface area contributed by atoms with E-state index in [4.69, 9.17) is 18.9 Å². The highest BCUT2D eigenvalue weighted by molar-refractivity contribution is 5.55. The van der Waals surface area contributed by atoms with Crippen molar-refractivity contribution >= 4 is 0 Å². The van der Waals surface area contributed by atoms with Gasteiger partial charge in [0.15, 0.2) is 11.5 Å². The molecule has 0 saturated heterocycles. The number of rotatable bonds is 9. The summed E-state index contributed by atoms with van der Waals surface area (Å²) in [5, 5.41) is 3.37. The second-order valence-electron chi connectivity index (χ2n) is 4.47. The molecule has 20 heavy (non-hydrogen) atoms. The van der Waals surface area contributed by atoms with Gasteiger partial charge in [-0.3, -0.25) is 0 Å². The molecule has 0 spiro atoms. The lowest BCUT2D eigenvalue weighted by molar-refractivity contribution is 0.292. The van der Waals surface area contributed by atoms with Gasteiger partial charge in [0.25, 0.3) is 0 Å². The van der Waals surface area contributed by atoms with Crippen LogP contribution < -0.4 is 24.3 Å². The van der Waals surface area contributed by atoms with Gasteiger partial charge >= 0.3 is 0 Å². The zero-order valence-corrected chi connectivity index (χ0v) is 13.0. The third kappa shape index (κ3) is 4.49. The lowest BCUT2D eigenvalue weighted by Crippen LogP contribution is -2.29. The molecule has 0 amide bonds. The highest BCUT2D eigenvalue weighted by atomic mass is 16.5. The van der Waals surface area contributed by atoms with Crippen molar-refractivity contribution in [3.8, 4) is 23.0 Å². The molecular weight excluding hydrogens is 258 g/mol. The van der Waals surface area contributed by atoms with E-state index in [0.717, 1.165) is 13.0 Å². The van der Waals surface area contributed by atoms with Crippen LogP contribution in [0.4, 0.5) is 0 Å². The van der Waals surface area contributed by atoms with E-state index in [1.54, 1.807) is 33.5 Å². The van der Waals surface area contributed by atoms with Crippen LogP contribution in [0.25, 0.3) is 0 Å². The molecule has 1 rings (SSSR count). The maximum Gasteiger partial charge on any atom is 0.203 e. The molecule has 1 aromatic rings. The molecule has 1 unspecified atom stereocenters. The molecule has 114 valence electrons. The Labute approximate surface area is 121 Å². The summed E-state index contributed by atoms with van der Waals surface area (Å²) in [6, 6.07) is 4.09. The summed E-state index contributed by atoms with van der Waals surface area (Å²) in [7, 11) is 4.76. The van der Waals surface area contributed by atoms with Crippen LogP contribution >= 0.6 is 0 Å². The van der Waals surface area contributed by atoms with E-state index in [2.05, 4.69) is 19.2 Å². The Morgan fingerprint density at radius 3 is 2.10 bits per heavy atom. The minimum atomic E-state index is 0.499. The first-order valence-corrected chi connectivity index (χ1v) is 6.82. The smallest absolute Gasteiger partial charge is 0.203 e. The number of benzene rings is 1. The molecular formula is C15H25NO4. The molecule has 0 fully saturated rings. The third-order valence-electron chi connectivity index (χ3n) is 3.11. The Bertz CT molecular complexity index is 384. The monoisotopic (exact) mass is 283 g/mol. The van der Waals surface area contributed by atoms with E-state index in [9.17, 15) is 0 Å². The van der Waals surface area contributed by atoms with Crippen LogP contribution in [0.5, 0.6) is 23.0 Å². The van der Waals surface area contributed by atoms with Crippen molar-refractivity contribution < 1.29 is 18.9 Å². The van der Waals surface area contributed by atoms with Crippen LogP contribution in [-0.4, -0.2) is 40.5 Å². The Morgan fingerprint density at radius 1 is 1.05 bits per heavy atom. The fourth-order valence-electron chi connectivity index (χ4n) is 1.76. The van der Waals surface area contributed by atoms with Crippen LogP contribution in [0.1, 0.15) is 20.3 Å². The fraction of sp³-hybridized carbons (Fsp3) is 0.600. The predicted octanol–water partition coefficient (Wildman–Crippen LogP) is 2.48. The Kier molecular flexibility index (Phi) is 7.01. The molecule has 0 aliphatic heterocycles. The van der Waals surface area contributed by atoms with Gasteiger partial charge in [0, 0.05) is 24.7 Å². The summed E-state index contributed by atoms with van der Waals surface area (Å²) in [6.07, 6.45) is 1.10. The Hall–Kier alpha value is -1.62. The number of ether oxygens (including phenoxy) is 4. The lowest BCUT2D eigenvalue weighted by atomic mass is 10.2. The third-order valence-corrected chi connectivity index (χ3v) is 3.11. The second kappa shape index (κ2) is 8.53. The predicted molar refractivity (Wildman–Crippen MR) is 79.3 cm³/mol. The Morgan fingerprint density at radius 2 is 1.65 bits per heavy atom. The molecule has 0 bridgehead atoms. The van der Waals surface area contributed by atoms with Crippen molar-refractivity contribution in [1.29, 1.82) is 0 Å². The number of nitrogens with one attached hydrogen (secondary N) is 1. The first-order chi connectivity index (χ1) is 9.65. The topological polar surface area (TPSA) is 49.0 Å². The summed E-state index contributed by atoms with van der Waals surface area (Å²) in [6.45, 7) is 5.69. The fourth-order valence-corrected chi connectivity index (χ4v) is 1.76. The highest BCUT2D eigenvalue weighted by Gasteiger charge is 2.13. The number of hydrogen-bond donors (Lipinski definition) is 1. The summed E-state index contributed by atoms with van der Waals surface area (Å²) >= 11 is 0. The van der Waals surface area contributed by atoms with Gasteiger partial charge in [-0.15, -0.1) is 0 Å². The normalized spacial score (nSPS) is 11.8. The molecule has 5 heteroatoms. The van der Waals surface area contributed by atoms with Crippen molar-refractivity contribution in [3.63, 3.8) is 0 Å². The van der Waals surface area contributed by atoms with Crippen molar-refractivity contribution in [2.45, 2.75) is 26.3 Å². The largest absolute Gasteiger partial charge is 0.493 e. The van der Waals surface area contributed by atoms with E-state index < -0.39 is 0 Å². The highest BCUT2D eigenvalue weighted by Crippen LogP contribution is 2.40. The van der Waals surface area contributed by atoms with Crippen LogP contribution in [-0.2, 0) is 0 Å². The average Bonchev–Trinajstić information content (AvgIpc) is 2.49. The standard InChI is InChI=1S/C15H25NO4/c1-6-11(2)16-7-8-20-12-9-13(17-3)15(19-5)14(10-12)18-4/h9-11,16H,6-8H2,1-5H3. The molecule has 1 N–H and O–H groups in total. The minimum absolute atomic E-state index is 0.499. The number of hydrogen-bond acceptors (Lipinski definition) is 5. The van der Waals surface area contributed by atoms with E-state index in [0.29, 0.717) is 35.6 Å². The van der Waals surface area contributed by atoms with Gasteiger partial charge < -0.3 is 24.3 Å². The van der Waals surface area contributed by atoms with Crippen molar-refractivity contribution in [2.24, 2.45) is 0 Å². The molecule has 0 aliphatic carbocycles. The molecule has 1 atom stereocenters. The van der Waals surface area contributed by atoms with E-state index >= 15 is 0 Å². The van der Waals surface area contributed by atoms with Gasteiger partial charge in [0.05, 0.1) is 21.3 Å². The molecule has 0 aromatic heterocycles. The van der Waals surface area contributed by atoms with Crippen LogP contribution in [0.2, 0.25) is 0 Å². The SMILES string of the molecule is CCC(C)NCCOc1cc(OC)c(OC)c(OC)c1. The van der Waals surface area contributed by atoms with E-state index in [1.807, 2.05) is 0 Å². The van der Waals surface area contributed by atoms with Crippen LogP contribution in [0.15, 0.2) is 12.1 Å². The average molecular weight is 283 g/mol. The van der Waals surface area contributed by atoms with Crippen LogP contribution in [0, 0.1) is 0 Å². The van der Waals surface area contributed by atoms with Gasteiger partial charge in [0.2, 0.25) is 5.75 Å². The molecule has 0 radical (unpaired) electrons. The van der Waals surface area contributed by atoms with Crippen LogP contribution in [0.3, 0.4) is 0 Å². The lowest BCUT2D eigenvalue weighted by Gasteiger charge is -2.15. The number of methoxy groups -OCH3 is 3. The van der Waals surface area contributed by atoms with E-state index in [-0.39, 0.29) is 0 Å². The van der Waals surface area contributed by atoms with E-state index in [1.165, 1.54) is 0 Å². The molecule has 0 heterocycles. The van der Waals surface area contributed by atoms with Gasteiger partial charge in [-0.25, -0.2) is 0 Å². The summed E-state index contributed by atoms with van der Waals surface area (Å²) < 4.78 is 21.5. The molecule has 0 saturated carbocycles. The first kappa shape index (κ1) is 16.4. The van der Waals surface area contributed by atoms with Gasteiger partial charge in [-0.1, -0.05) is 6.92 Å². The van der Waals surface area contributed by atoms with Gasteiger partial charge in [-0.2, -0.15) is 0 Å². The summed E-state index contributed by atoms with van der Waals surface area (Å²) in [5.74, 6) is 2.46. The van der Waals surface area contributed by atoms with Crippen molar-refractivity contribution in [1.82, 2.24) is 5.32 Å². The molecule has 1 aromatic carbocycles. The Balaban J connectivity index is 2.66.